The van der Waals surface area contributed by atoms with E-state index in [0.717, 1.165) is 57.6 Å². The zero-order chi connectivity index (χ0) is 16.5. The summed E-state index contributed by atoms with van der Waals surface area (Å²) in [5.74, 6) is 1.73. The Hall–Kier alpha value is -0.850. The summed E-state index contributed by atoms with van der Waals surface area (Å²) in [6.45, 7) is 13.2. The third-order valence-electron chi connectivity index (χ3n) is 4.36. The molecule has 6 heteroatoms. The molecule has 1 N–H and O–H groups in total. The van der Waals surface area contributed by atoms with Crippen molar-refractivity contribution in [1.29, 1.82) is 0 Å². The molecule has 134 valence electrons. The van der Waals surface area contributed by atoms with E-state index in [1.165, 1.54) is 13.0 Å². The van der Waals surface area contributed by atoms with Gasteiger partial charge in [0.2, 0.25) is 0 Å². The maximum Gasteiger partial charge on any atom is 0.193 e. The van der Waals surface area contributed by atoms with Crippen molar-refractivity contribution in [3.05, 3.63) is 0 Å². The number of rotatable bonds is 7. The molecule has 2 aliphatic heterocycles. The SMILES string of the molecule is CN=C(NCCOCC1CCCO1)N1CCN(CC(C)C)CC1. The van der Waals surface area contributed by atoms with Gasteiger partial charge < -0.3 is 19.7 Å². The fourth-order valence-corrected chi connectivity index (χ4v) is 3.22. The average Bonchev–Trinajstić information content (AvgIpc) is 3.05. The maximum atomic E-state index is 5.69. The Labute approximate surface area is 141 Å². The summed E-state index contributed by atoms with van der Waals surface area (Å²) in [7, 11) is 1.86. The maximum absolute atomic E-state index is 5.69. The van der Waals surface area contributed by atoms with Crippen LogP contribution in [0.2, 0.25) is 0 Å². The van der Waals surface area contributed by atoms with Crippen molar-refractivity contribution in [3.63, 3.8) is 0 Å². The van der Waals surface area contributed by atoms with Gasteiger partial charge in [0.25, 0.3) is 0 Å². The zero-order valence-electron chi connectivity index (χ0n) is 15.1. The van der Waals surface area contributed by atoms with Crippen LogP contribution in [0.1, 0.15) is 26.7 Å². The Bertz CT molecular complexity index is 349. The van der Waals surface area contributed by atoms with Gasteiger partial charge in [-0.25, -0.2) is 0 Å². The molecule has 2 saturated heterocycles. The molecule has 2 rings (SSSR count). The Morgan fingerprint density at radius 3 is 2.70 bits per heavy atom. The lowest BCUT2D eigenvalue weighted by Gasteiger charge is -2.37. The third kappa shape index (κ3) is 6.65. The summed E-state index contributed by atoms with van der Waals surface area (Å²) in [6.07, 6.45) is 2.61. The summed E-state index contributed by atoms with van der Waals surface area (Å²) in [5, 5.41) is 3.41. The lowest BCUT2D eigenvalue weighted by atomic mass is 10.2. The van der Waals surface area contributed by atoms with Crippen LogP contribution in [-0.4, -0.2) is 88.0 Å². The molecule has 0 saturated carbocycles. The van der Waals surface area contributed by atoms with Gasteiger partial charge in [-0.3, -0.25) is 9.89 Å². The van der Waals surface area contributed by atoms with E-state index in [-0.39, 0.29) is 0 Å². The summed E-state index contributed by atoms with van der Waals surface area (Å²) < 4.78 is 11.2. The van der Waals surface area contributed by atoms with E-state index in [4.69, 9.17) is 9.47 Å². The second-order valence-electron chi connectivity index (χ2n) is 6.87. The van der Waals surface area contributed by atoms with Gasteiger partial charge in [0.05, 0.1) is 19.3 Å². The number of ether oxygens (including phenoxy) is 2. The first-order valence-electron chi connectivity index (χ1n) is 9.06. The molecule has 0 aromatic rings. The highest BCUT2D eigenvalue weighted by Crippen LogP contribution is 2.11. The van der Waals surface area contributed by atoms with Crippen LogP contribution < -0.4 is 5.32 Å². The molecule has 2 aliphatic rings. The minimum atomic E-state index is 0.309. The number of piperazine rings is 1. The molecule has 1 atom stereocenters. The molecule has 23 heavy (non-hydrogen) atoms. The molecule has 0 bridgehead atoms. The van der Waals surface area contributed by atoms with E-state index in [2.05, 4.69) is 34.0 Å². The first kappa shape index (κ1) is 18.5. The van der Waals surface area contributed by atoms with Crippen LogP contribution >= 0.6 is 0 Å². The van der Waals surface area contributed by atoms with Crippen molar-refractivity contribution in [2.45, 2.75) is 32.8 Å². The highest BCUT2D eigenvalue weighted by atomic mass is 16.5. The number of hydrogen-bond donors (Lipinski definition) is 1. The van der Waals surface area contributed by atoms with Gasteiger partial charge in [0.15, 0.2) is 5.96 Å². The molecule has 2 fully saturated rings. The largest absolute Gasteiger partial charge is 0.377 e. The van der Waals surface area contributed by atoms with Crippen molar-refractivity contribution >= 4 is 5.96 Å². The van der Waals surface area contributed by atoms with Crippen molar-refractivity contribution in [2.24, 2.45) is 10.9 Å². The molecule has 0 amide bonds. The Morgan fingerprint density at radius 2 is 2.09 bits per heavy atom. The van der Waals surface area contributed by atoms with Crippen LogP contribution in [0.3, 0.4) is 0 Å². The molecule has 1 unspecified atom stereocenters. The molecule has 0 aliphatic carbocycles. The Morgan fingerprint density at radius 1 is 1.30 bits per heavy atom. The minimum Gasteiger partial charge on any atom is -0.377 e. The normalized spacial score (nSPS) is 23.7. The lowest BCUT2D eigenvalue weighted by molar-refractivity contribution is 0.0189. The number of nitrogens with zero attached hydrogens (tertiary/aromatic N) is 3. The molecular weight excluding hydrogens is 292 g/mol. The number of nitrogens with one attached hydrogen (secondary N) is 1. The smallest absolute Gasteiger partial charge is 0.193 e. The van der Waals surface area contributed by atoms with Crippen molar-refractivity contribution in [2.75, 3.05) is 66.1 Å². The average molecular weight is 326 g/mol. The Kier molecular flexibility index (Phi) is 8.12. The van der Waals surface area contributed by atoms with E-state index in [1.807, 2.05) is 7.05 Å². The second-order valence-corrected chi connectivity index (χ2v) is 6.87. The first-order chi connectivity index (χ1) is 11.2. The monoisotopic (exact) mass is 326 g/mol. The molecule has 0 radical (unpaired) electrons. The number of aliphatic imine (C=N–C) groups is 1. The zero-order valence-corrected chi connectivity index (χ0v) is 15.1. The second kappa shape index (κ2) is 10.1. The molecule has 2 heterocycles. The van der Waals surface area contributed by atoms with E-state index in [1.54, 1.807) is 0 Å². The molecular formula is C17H34N4O2. The quantitative estimate of drug-likeness (QED) is 0.430. The summed E-state index contributed by atoms with van der Waals surface area (Å²) >= 11 is 0. The van der Waals surface area contributed by atoms with E-state index in [0.29, 0.717) is 19.3 Å². The van der Waals surface area contributed by atoms with E-state index >= 15 is 0 Å². The predicted octanol–water partition coefficient (Wildman–Crippen LogP) is 1.03. The number of guanidine groups is 1. The summed E-state index contributed by atoms with van der Waals surface area (Å²) in [5.41, 5.74) is 0. The fourth-order valence-electron chi connectivity index (χ4n) is 3.22. The third-order valence-corrected chi connectivity index (χ3v) is 4.36. The van der Waals surface area contributed by atoms with Gasteiger partial charge in [-0.1, -0.05) is 13.8 Å². The molecule has 0 spiro atoms. The van der Waals surface area contributed by atoms with Crippen molar-refractivity contribution < 1.29 is 9.47 Å². The highest BCUT2D eigenvalue weighted by molar-refractivity contribution is 5.79. The van der Waals surface area contributed by atoms with Crippen LogP contribution in [0, 0.1) is 5.92 Å². The van der Waals surface area contributed by atoms with Gasteiger partial charge >= 0.3 is 0 Å². The number of hydrogen-bond acceptors (Lipinski definition) is 4. The molecule has 0 aromatic heterocycles. The van der Waals surface area contributed by atoms with Crippen LogP contribution in [0.5, 0.6) is 0 Å². The van der Waals surface area contributed by atoms with Crippen LogP contribution in [0.4, 0.5) is 0 Å². The van der Waals surface area contributed by atoms with Gasteiger partial charge in [0, 0.05) is 52.9 Å². The van der Waals surface area contributed by atoms with Gasteiger partial charge in [-0.2, -0.15) is 0 Å². The summed E-state index contributed by atoms with van der Waals surface area (Å²) in [4.78, 5) is 9.29. The van der Waals surface area contributed by atoms with Gasteiger partial charge in [-0.05, 0) is 18.8 Å². The van der Waals surface area contributed by atoms with Gasteiger partial charge in [0.1, 0.15) is 0 Å². The molecule has 6 nitrogen and oxygen atoms in total. The van der Waals surface area contributed by atoms with E-state index in [9.17, 15) is 0 Å². The predicted molar refractivity (Wildman–Crippen MR) is 94.0 cm³/mol. The lowest BCUT2D eigenvalue weighted by Crippen LogP contribution is -2.53. The van der Waals surface area contributed by atoms with Crippen molar-refractivity contribution in [1.82, 2.24) is 15.1 Å². The first-order valence-corrected chi connectivity index (χ1v) is 9.06. The Balaban J connectivity index is 1.58. The van der Waals surface area contributed by atoms with Crippen LogP contribution in [0.15, 0.2) is 4.99 Å². The highest BCUT2D eigenvalue weighted by Gasteiger charge is 2.20. The topological polar surface area (TPSA) is 49.3 Å². The van der Waals surface area contributed by atoms with Gasteiger partial charge in [-0.15, -0.1) is 0 Å². The minimum absolute atomic E-state index is 0.309. The molecule has 0 aromatic carbocycles. The van der Waals surface area contributed by atoms with Crippen LogP contribution in [-0.2, 0) is 9.47 Å². The van der Waals surface area contributed by atoms with E-state index < -0.39 is 0 Å². The van der Waals surface area contributed by atoms with Crippen LogP contribution in [0.25, 0.3) is 0 Å². The summed E-state index contributed by atoms with van der Waals surface area (Å²) in [6, 6.07) is 0. The van der Waals surface area contributed by atoms with Crippen molar-refractivity contribution in [3.8, 4) is 0 Å². The fraction of sp³-hybridized carbons (Fsp3) is 0.941. The standard InChI is InChI=1S/C17H34N4O2/c1-15(2)13-20-7-9-21(10-8-20)17(18-3)19-6-12-22-14-16-5-4-11-23-16/h15-16H,4-14H2,1-3H3,(H,18,19).